The second kappa shape index (κ2) is 16.9. The number of ether oxygens (including phenoxy) is 3. The molecule has 13 heteroatoms. The Morgan fingerprint density at radius 3 is 2.47 bits per heavy atom. The number of nitrogens with two attached hydrogens (primary N) is 1. The van der Waals surface area contributed by atoms with Crippen LogP contribution in [0.25, 0.3) is 10.4 Å². The summed E-state index contributed by atoms with van der Waals surface area (Å²) >= 11 is 1.56. The number of aliphatic hydroxyl groups excluding tert-OH is 2. The van der Waals surface area contributed by atoms with Crippen LogP contribution in [-0.2, 0) is 23.8 Å². The summed E-state index contributed by atoms with van der Waals surface area (Å²) in [6, 6.07) is 9.00. The zero-order valence-electron chi connectivity index (χ0n) is 26.1. The Morgan fingerprint density at radius 1 is 1.13 bits per heavy atom. The molecule has 45 heavy (non-hydrogen) atoms. The largest absolute Gasteiger partial charge is 0.394 e. The fraction of sp³-hybridized carbons (Fsp3) is 0.562. The topological polar surface area (TPSA) is 170 Å². The molecule has 0 radical (unpaired) electrons. The van der Waals surface area contributed by atoms with Crippen LogP contribution >= 0.6 is 11.3 Å². The van der Waals surface area contributed by atoms with Crippen molar-refractivity contribution in [2.24, 2.45) is 11.7 Å². The number of likely N-dealkylation sites (tertiary alicyclic amines) is 1. The first-order valence-corrected chi connectivity index (χ1v) is 16.2. The maximum absolute atomic E-state index is 14.0. The molecule has 1 aromatic carbocycles. The Morgan fingerprint density at radius 2 is 1.84 bits per heavy atom. The van der Waals surface area contributed by atoms with E-state index < -0.39 is 30.1 Å². The van der Waals surface area contributed by atoms with Crippen LogP contribution in [0.1, 0.15) is 60.7 Å². The van der Waals surface area contributed by atoms with Crippen LogP contribution in [0.15, 0.2) is 40.4 Å². The van der Waals surface area contributed by atoms with Gasteiger partial charge in [-0.25, -0.2) is 4.98 Å². The monoisotopic (exact) mass is 644 g/mol. The van der Waals surface area contributed by atoms with E-state index >= 15 is 0 Å². The van der Waals surface area contributed by atoms with Gasteiger partial charge in [-0.05, 0) is 50.2 Å². The number of hydrogen-bond donors (Lipinski definition) is 3. The molecule has 0 bridgehead atoms. The van der Waals surface area contributed by atoms with Crippen LogP contribution in [0, 0.1) is 19.8 Å². The summed E-state index contributed by atoms with van der Waals surface area (Å²) in [5.41, 5.74) is 10.9. The second-order valence-electron chi connectivity index (χ2n) is 11.4. The number of carbonyl (C=O) groups is 2. The van der Waals surface area contributed by atoms with Crippen LogP contribution in [0.2, 0.25) is 0 Å². The molecular formula is C32H44N4O8S. The normalized spacial score (nSPS) is 17.7. The second-order valence-corrected chi connectivity index (χ2v) is 12.2. The average Bonchev–Trinajstić information content (AvgIpc) is 3.79. The number of nitrogens with zero attached hydrogens (tertiary/aromatic N) is 3. The van der Waals surface area contributed by atoms with Gasteiger partial charge in [-0.2, -0.15) is 0 Å². The highest BCUT2D eigenvalue weighted by Gasteiger charge is 2.41. The lowest BCUT2D eigenvalue weighted by molar-refractivity contribution is -0.141. The van der Waals surface area contributed by atoms with Crippen molar-refractivity contribution in [2.45, 2.75) is 64.2 Å². The summed E-state index contributed by atoms with van der Waals surface area (Å²) in [6.45, 7) is 7.38. The van der Waals surface area contributed by atoms with Gasteiger partial charge in [-0.15, -0.1) is 11.3 Å². The number of carbonyl (C=O) groups excluding carboxylic acids is 2. The van der Waals surface area contributed by atoms with Gasteiger partial charge in [0.1, 0.15) is 17.7 Å². The minimum absolute atomic E-state index is 0.0494. The van der Waals surface area contributed by atoms with Gasteiger partial charge >= 0.3 is 0 Å². The lowest BCUT2D eigenvalue weighted by Crippen LogP contribution is -2.46. The molecule has 0 spiro atoms. The number of hydrogen-bond acceptors (Lipinski definition) is 11. The Kier molecular flexibility index (Phi) is 13.0. The summed E-state index contributed by atoms with van der Waals surface area (Å²) in [4.78, 5) is 33.2. The number of thiazole rings is 1. The van der Waals surface area contributed by atoms with E-state index in [1.165, 1.54) is 0 Å². The van der Waals surface area contributed by atoms with Crippen molar-refractivity contribution >= 4 is 23.2 Å². The summed E-state index contributed by atoms with van der Waals surface area (Å²) in [7, 11) is 0. The molecule has 12 nitrogen and oxygen atoms in total. The molecule has 3 heterocycles. The third-order valence-electron chi connectivity index (χ3n) is 8.09. The molecule has 1 aliphatic rings. The maximum Gasteiger partial charge on any atom is 0.240 e. The number of aromatic nitrogens is 2. The highest BCUT2D eigenvalue weighted by Crippen LogP contribution is 2.39. The molecule has 1 saturated heterocycles. The average molecular weight is 645 g/mol. The fourth-order valence-electron chi connectivity index (χ4n) is 5.83. The summed E-state index contributed by atoms with van der Waals surface area (Å²) in [6.07, 6.45) is 0.372. The maximum atomic E-state index is 14.0. The van der Waals surface area contributed by atoms with Crippen molar-refractivity contribution in [2.75, 3.05) is 46.2 Å². The molecule has 2 aromatic heterocycles. The van der Waals surface area contributed by atoms with Crippen LogP contribution in [0.5, 0.6) is 0 Å². The Balaban J connectivity index is 1.54. The van der Waals surface area contributed by atoms with E-state index in [4.69, 9.17) is 29.6 Å². The van der Waals surface area contributed by atoms with Crippen LogP contribution < -0.4 is 5.73 Å². The minimum atomic E-state index is -1.20. The number of benzene rings is 1. The van der Waals surface area contributed by atoms with E-state index in [0.29, 0.717) is 50.5 Å². The molecule has 0 saturated carbocycles. The predicted octanol–water partition coefficient (Wildman–Crippen LogP) is 3.15. The van der Waals surface area contributed by atoms with E-state index in [-0.39, 0.29) is 38.3 Å². The van der Waals surface area contributed by atoms with E-state index in [1.54, 1.807) is 29.2 Å². The summed E-state index contributed by atoms with van der Waals surface area (Å²) < 4.78 is 22.2. The standard InChI is InChI=1S/C32H44N4O8S/c1-20(28(27-18-21(2)35-44-27)31(39)36-10-4-5-26(36)30(33)38)17-25(32(40)43-16-15-42-14-13-41-12-11-37)23-6-8-24(9-7-23)29-22(3)34-19-45-29/h6-9,18-20,25-26,28,32,37,40H,4-5,10-17H2,1-3H3,(H2,33,38)/t20?,25-,26?,28?,32?/m1/s1. The van der Waals surface area contributed by atoms with Gasteiger partial charge < -0.3 is 39.6 Å². The van der Waals surface area contributed by atoms with E-state index in [0.717, 1.165) is 21.7 Å². The molecule has 5 atom stereocenters. The number of primary amides is 1. The summed E-state index contributed by atoms with van der Waals surface area (Å²) in [5, 5.41) is 24.2. The SMILES string of the molecule is Cc1cc(C(C(=O)N2CCCC2C(N)=O)C(C)C[C@H](c2ccc(-c3scnc3C)cc2)C(O)OCCOCCOCCO)on1. The zero-order valence-corrected chi connectivity index (χ0v) is 26.9. The van der Waals surface area contributed by atoms with Crippen molar-refractivity contribution < 1.29 is 38.5 Å². The lowest BCUT2D eigenvalue weighted by atomic mass is 9.80. The molecule has 4 N–H and O–H groups in total. The molecule has 4 rings (SSSR count). The van der Waals surface area contributed by atoms with Gasteiger partial charge in [0.15, 0.2) is 6.29 Å². The van der Waals surface area contributed by atoms with Crippen molar-refractivity contribution in [1.82, 2.24) is 15.0 Å². The first-order valence-electron chi connectivity index (χ1n) is 15.3. The van der Waals surface area contributed by atoms with Crippen LogP contribution in [0.3, 0.4) is 0 Å². The molecule has 246 valence electrons. The van der Waals surface area contributed by atoms with Crippen molar-refractivity contribution in [3.05, 3.63) is 58.6 Å². The minimum Gasteiger partial charge on any atom is -0.394 e. The zero-order chi connectivity index (χ0) is 32.3. The number of aryl methyl sites for hydroxylation is 2. The number of aliphatic hydroxyl groups is 2. The van der Waals surface area contributed by atoms with Crippen LogP contribution in [-0.4, -0.2) is 95.6 Å². The highest BCUT2D eigenvalue weighted by molar-refractivity contribution is 7.13. The Labute approximate surface area is 267 Å². The Hall–Kier alpha value is -3.20. The van der Waals surface area contributed by atoms with E-state index in [9.17, 15) is 14.7 Å². The molecule has 0 aliphatic carbocycles. The first kappa shape index (κ1) is 34.7. The van der Waals surface area contributed by atoms with E-state index in [2.05, 4.69) is 10.1 Å². The third kappa shape index (κ3) is 9.18. The predicted molar refractivity (Wildman–Crippen MR) is 167 cm³/mol. The van der Waals surface area contributed by atoms with Gasteiger partial charge in [0.25, 0.3) is 0 Å². The van der Waals surface area contributed by atoms with Crippen LogP contribution in [0.4, 0.5) is 0 Å². The molecular weight excluding hydrogens is 600 g/mol. The van der Waals surface area contributed by atoms with Gasteiger partial charge in [0.2, 0.25) is 11.8 Å². The lowest BCUT2D eigenvalue weighted by Gasteiger charge is -2.32. The summed E-state index contributed by atoms with van der Waals surface area (Å²) in [5.74, 6) is -1.97. The molecule has 1 fully saturated rings. The van der Waals surface area contributed by atoms with Crippen molar-refractivity contribution in [3.63, 3.8) is 0 Å². The quantitative estimate of drug-likeness (QED) is 0.138. The van der Waals surface area contributed by atoms with Gasteiger partial charge in [0.05, 0.1) is 61.4 Å². The molecule has 1 aliphatic heterocycles. The molecule has 3 aromatic rings. The van der Waals surface area contributed by atoms with Gasteiger partial charge in [-0.1, -0.05) is 36.3 Å². The Bertz CT molecular complexity index is 1360. The fourth-order valence-corrected chi connectivity index (χ4v) is 6.64. The van der Waals surface area contributed by atoms with Crippen molar-refractivity contribution in [1.29, 1.82) is 0 Å². The first-order chi connectivity index (χ1) is 21.7. The number of amides is 2. The molecule has 4 unspecified atom stereocenters. The molecule has 2 amide bonds. The van der Waals surface area contributed by atoms with Crippen molar-refractivity contribution in [3.8, 4) is 10.4 Å². The number of rotatable bonds is 18. The third-order valence-corrected chi connectivity index (χ3v) is 9.07. The highest BCUT2D eigenvalue weighted by atomic mass is 32.1. The van der Waals surface area contributed by atoms with E-state index in [1.807, 2.05) is 43.6 Å². The smallest absolute Gasteiger partial charge is 0.240 e. The van der Waals surface area contributed by atoms with Gasteiger partial charge in [0, 0.05) is 18.5 Å². The van der Waals surface area contributed by atoms with Gasteiger partial charge in [-0.3, -0.25) is 9.59 Å².